The van der Waals surface area contributed by atoms with Crippen molar-refractivity contribution in [1.82, 2.24) is 5.32 Å². The van der Waals surface area contributed by atoms with E-state index in [2.05, 4.69) is 12.2 Å². The third kappa shape index (κ3) is 4.06. The van der Waals surface area contributed by atoms with Crippen molar-refractivity contribution in [1.29, 1.82) is 0 Å². The maximum atomic E-state index is 11.6. The number of hydrogen-bond acceptors (Lipinski definition) is 3. The van der Waals surface area contributed by atoms with Gasteiger partial charge in [0.05, 0.1) is 11.0 Å². The molecule has 0 aromatic rings. The van der Waals surface area contributed by atoms with Gasteiger partial charge < -0.3 is 5.32 Å². The van der Waals surface area contributed by atoms with Gasteiger partial charge in [0.2, 0.25) is 0 Å². The molecular weight excluding hydrogens is 222 g/mol. The van der Waals surface area contributed by atoms with Crippen molar-refractivity contribution in [3.05, 3.63) is 0 Å². The molecule has 0 atom stereocenters. The van der Waals surface area contributed by atoms with Crippen molar-refractivity contribution in [2.24, 2.45) is 5.41 Å². The van der Waals surface area contributed by atoms with E-state index in [1.54, 1.807) is 13.8 Å². The molecule has 16 heavy (non-hydrogen) atoms. The Morgan fingerprint density at radius 3 is 2.38 bits per heavy atom. The normalized spacial score (nSPS) is 19.0. The third-order valence-corrected chi connectivity index (χ3v) is 5.73. The molecule has 0 unspecified atom stereocenters. The smallest absolute Gasteiger partial charge is 0.153 e. The van der Waals surface area contributed by atoms with E-state index in [0.717, 1.165) is 6.54 Å². The van der Waals surface area contributed by atoms with E-state index in [9.17, 15) is 8.42 Å². The molecule has 1 saturated carbocycles. The summed E-state index contributed by atoms with van der Waals surface area (Å²) in [5.41, 5.74) is 0.510. The van der Waals surface area contributed by atoms with Crippen LogP contribution in [0.1, 0.15) is 46.5 Å². The van der Waals surface area contributed by atoms with Crippen LogP contribution in [-0.4, -0.2) is 32.5 Å². The molecule has 0 aliphatic heterocycles. The van der Waals surface area contributed by atoms with E-state index >= 15 is 0 Å². The zero-order valence-electron chi connectivity index (χ0n) is 10.8. The highest BCUT2D eigenvalue weighted by Gasteiger charge is 2.40. The van der Waals surface area contributed by atoms with Crippen LogP contribution in [-0.2, 0) is 9.84 Å². The second-order valence-electron chi connectivity index (χ2n) is 5.34. The fourth-order valence-electron chi connectivity index (χ4n) is 2.03. The number of hydrogen-bond donors (Lipinski definition) is 1. The minimum atomic E-state index is -2.87. The summed E-state index contributed by atoms with van der Waals surface area (Å²) in [4.78, 5) is 0. The highest BCUT2D eigenvalue weighted by molar-refractivity contribution is 7.92. The van der Waals surface area contributed by atoms with Gasteiger partial charge in [-0.2, -0.15) is 0 Å². The van der Waals surface area contributed by atoms with Crippen LogP contribution >= 0.6 is 0 Å². The molecule has 0 heterocycles. The molecule has 4 heteroatoms. The van der Waals surface area contributed by atoms with Crippen molar-refractivity contribution in [3.8, 4) is 0 Å². The van der Waals surface area contributed by atoms with Gasteiger partial charge in [-0.1, -0.05) is 13.3 Å². The summed E-state index contributed by atoms with van der Waals surface area (Å²) in [7, 11) is -2.87. The second-order valence-corrected chi connectivity index (χ2v) is 8.02. The maximum absolute atomic E-state index is 11.6. The van der Waals surface area contributed by atoms with Gasteiger partial charge in [0, 0.05) is 13.1 Å². The maximum Gasteiger partial charge on any atom is 0.153 e. The lowest BCUT2D eigenvalue weighted by molar-refractivity contribution is 0.427. The van der Waals surface area contributed by atoms with Crippen molar-refractivity contribution in [2.45, 2.75) is 51.7 Å². The second kappa shape index (κ2) is 5.50. The molecular formula is C12H25NO2S. The van der Waals surface area contributed by atoms with E-state index < -0.39 is 9.84 Å². The molecule has 0 aromatic heterocycles. The first kappa shape index (κ1) is 14.0. The SMILES string of the molecule is CCCC1(CNCCS(=O)(=O)C(C)C)CC1. The molecule has 1 N–H and O–H groups in total. The average molecular weight is 247 g/mol. The van der Waals surface area contributed by atoms with Gasteiger partial charge in [-0.3, -0.25) is 0 Å². The Hall–Kier alpha value is -0.0900. The molecule has 0 amide bonds. The largest absolute Gasteiger partial charge is 0.315 e. The molecule has 3 nitrogen and oxygen atoms in total. The summed E-state index contributed by atoms with van der Waals surface area (Å²) >= 11 is 0. The highest BCUT2D eigenvalue weighted by atomic mass is 32.2. The lowest BCUT2D eigenvalue weighted by Gasteiger charge is -2.15. The predicted octanol–water partition coefficient (Wildman–Crippen LogP) is 1.98. The molecule has 96 valence electrons. The minimum Gasteiger partial charge on any atom is -0.315 e. The summed E-state index contributed by atoms with van der Waals surface area (Å²) in [5, 5.41) is 3.05. The summed E-state index contributed by atoms with van der Waals surface area (Å²) in [6.45, 7) is 7.30. The Bertz CT molecular complexity index is 305. The van der Waals surface area contributed by atoms with Crippen molar-refractivity contribution in [3.63, 3.8) is 0 Å². The quantitative estimate of drug-likeness (QED) is 0.667. The first-order valence-corrected chi connectivity index (χ1v) is 8.06. The molecule has 1 rings (SSSR count). The van der Waals surface area contributed by atoms with Crippen LogP contribution in [0.5, 0.6) is 0 Å². The van der Waals surface area contributed by atoms with Crippen molar-refractivity contribution in [2.75, 3.05) is 18.8 Å². The first-order chi connectivity index (χ1) is 7.42. The zero-order chi connectivity index (χ0) is 12.2. The molecule has 0 saturated heterocycles. The molecule has 1 aliphatic rings. The summed E-state index contributed by atoms with van der Waals surface area (Å²) < 4.78 is 23.1. The fraction of sp³-hybridized carbons (Fsp3) is 1.00. The van der Waals surface area contributed by atoms with Gasteiger partial charge in [-0.15, -0.1) is 0 Å². The van der Waals surface area contributed by atoms with Gasteiger partial charge in [-0.25, -0.2) is 8.42 Å². The predicted molar refractivity (Wildman–Crippen MR) is 68.4 cm³/mol. The average Bonchev–Trinajstić information content (AvgIpc) is 2.94. The lowest BCUT2D eigenvalue weighted by Crippen LogP contribution is -2.31. The summed E-state index contributed by atoms with van der Waals surface area (Å²) in [6.07, 6.45) is 5.12. The summed E-state index contributed by atoms with van der Waals surface area (Å²) in [6, 6.07) is 0. The molecule has 0 radical (unpaired) electrons. The zero-order valence-corrected chi connectivity index (χ0v) is 11.6. The Kier molecular flexibility index (Phi) is 4.80. The molecule has 1 aliphatic carbocycles. The van der Waals surface area contributed by atoms with Crippen LogP contribution in [0.3, 0.4) is 0 Å². The van der Waals surface area contributed by atoms with Crippen LogP contribution in [0.25, 0.3) is 0 Å². The van der Waals surface area contributed by atoms with E-state index in [1.807, 2.05) is 0 Å². The van der Waals surface area contributed by atoms with Gasteiger partial charge in [0.15, 0.2) is 9.84 Å². The Labute approximate surface area is 99.9 Å². The van der Waals surface area contributed by atoms with Crippen LogP contribution in [0.4, 0.5) is 0 Å². The van der Waals surface area contributed by atoms with Crippen molar-refractivity contribution >= 4 is 9.84 Å². The Morgan fingerprint density at radius 2 is 1.94 bits per heavy atom. The molecule has 0 aromatic carbocycles. The van der Waals surface area contributed by atoms with Crippen LogP contribution in [0, 0.1) is 5.41 Å². The van der Waals surface area contributed by atoms with E-state index in [4.69, 9.17) is 0 Å². The Balaban J connectivity index is 2.18. The van der Waals surface area contributed by atoms with Crippen LogP contribution in [0.2, 0.25) is 0 Å². The van der Waals surface area contributed by atoms with Gasteiger partial charge in [-0.05, 0) is 38.5 Å². The molecule has 0 spiro atoms. The minimum absolute atomic E-state index is 0.250. The number of nitrogens with one attached hydrogen (secondary N) is 1. The van der Waals surface area contributed by atoms with Crippen LogP contribution in [0.15, 0.2) is 0 Å². The standard InChI is InChI=1S/C12H25NO2S/c1-4-5-12(6-7-12)10-13-8-9-16(14,15)11(2)3/h11,13H,4-10H2,1-3H3. The number of sulfone groups is 1. The highest BCUT2D eigenvalue weighted by Crippen LogP contribution is 2.48. The van der Waals surface area contributed by atoms with Crippen molar-refractivity contribution < 1.29 is 8.42 Å². The number of rotatable bonds is 8. The monoisotopic (exact) mass is 247 g/mol. The lowest BCUT2D eigenvalue weighted by atomic mass is 10.0. The van der Waals surface area contributed by atoms with Crippen LogP contribution < -0.4 is 5.32 Å². The Morgan fingerprint density at radius 1 is 1.31 bits per heavy atom. The molecule has 1 fully saturated rings. The van der Waals surface area contributed by atoms with Gasteiger partial charge >= 0.3 is 0 Å². The third-order valence-electron chi connectivity index (χ3n) is 3.52. The van der Waals surface area contributed by atoms with Gasteiger partial charge in [0.25, 0.3) is 0 Å². The molecule has 0 bridgehead atoms. The first-order valence-electron chi connectivity index (χ1n) is 6.34. The fourth-order valence-corrected chi connectivity index (χ4v) is 2.93. The summed E-state index contributed by atoms with van der Waals surface area (Å²) in [5.74, 6) is 0.271. The van der Waals surface area contributed by atoms with E-state index in [1.165, 1.54) is 25.7 Å². The van der Waals surface area contributed by atoms with Gasteiger partial charge in [0.1, 0.15) is 0 Å². The van der Waals surface area contributed by atoms with E-state index in [-0.39, 0.29) is 11.0 Å². The van der Waals surface area contributed by atoms with E-state index in [0.29, 0.717) is 12.0 Å². The topological polar surface area (TPSA) is 46.2 Å².